The van der Waals surface area contributed by atoms with Crippen molar-refractivity contribution in [2.45, 2.75) is 26.8 Å². The van der Waals surface area contributed by atoms with Gasteiger partial charge in [-0.3, -0.25) is 0 Å². The largest absolute Gasteiger partial charge is 0.497 e. The number of nitrogens with zero attached hydrogens (tertiary/aromatic N) is 3. The molecule has 0 fully saturated rings. The Kier molecular flexibility index (Phi) is 7.06. The van der Waals surface area contributed by atoms with Crippen molar-refractivity contribution in [3.63, 3.8) is 0 Å². The molecule has 0 unspecified atom stereocenters. The van der Waals surface area contributed by atoms with Crippen LogP contribution in [0.1, 0.15) is 24.2 Å². The van der Waals surface area contributed by atoms with Crippen molar-refractivity contribution in [1.29, 1.82) is 0 Å². The van der Waals surface area contributed by atoms with Gasteiger partial charge >= 0.3 is 0 Å². The zero-order valence-electron chi connectivity index (χ0n) is 15.1. The number of hydrogen-bond acceptors (Lipinski definition) is 6. The Morgan fingerprint density at radius 1 is 1.24 bits per heavy atom. The van der Waals surface area contributed by atoms with Crippen molar-refractivity contribution in [2.24, 2.45) is 4.99 Å². The van der Waals surface area contributed by atoms with E-state index in [0.717, 1.165) is 29.6 Å². The predicted molar refractivity (Wildman–Crippen MR) is 95.1 cm³/mol. The molecule has 2 aromatic rings. The zero-order valence-corrected chi connectivity index (χ0v) is 15.1. The smallest absolute Gasteiger partial charge is 0.228 e. The molecule has 0 atom stereocenters. The number of aromatic nitrogens is 2. The van der Waals surface area contributed by atoms with Gasteiger partial charge in [0, 0.05) is 31.1 Å². The highest BCUT2D eigenvalue weighted by molar-refractivity contribution is 5.79. The Hall–Kier alpha value is -2.77. The lowest BCUT2D eigenvalue weighted by Crippen LogP contribution is -2.38. The van der Waals surface area contributed by atoms with Crippen molar-refractivity contribution in [1.82, 2.24) is 20.8 Å². The topological polar surface area (TPSA) is 93.8 Å². The van der Waals surface area contributed by atoms with E-state index in [0.29, 0.717) is 31.2 Å². The SMILES string of the molecule is CCNC(=NCc1ccc(OC)cc1OC)NCCc1nc(C)no1. The van der Waals surface area contributed by atoms with Crippen LogP contribution in [0.15, 0.2) is 27.7 Å². The fourth-order valence-corrected chi connectivity index (χ4v) is 2.22. The van der Waals surface area contributed by atoms with Crippen LogP contribution < -0.4 is 20.1 Å². The first-order valence-corrected chi connectivity index (χ1v) is 8.18. The zero-order chi connectivity index (χ0) is 18.1. The van der Waals surface area contributed by atoms with Crippen molar-refractivity contribution in [3.8, 4) is 11.5 Å². The minimum absolute atomic E-state index is 0.488. The number of guanidine groups is 1. The van der Waals surface area contributed by atoms with Gasteiger partial charge in [-0.2, -0.15) is 4.98 Å². The molecule has 1 aromatic heterocycles. The summed E-state index contributed by atoms with van der Waals surface area (Å²) in [7, 11) is 3.27. The number of rotatable bonds is 8. The van der Waals surface area contributed by atoms with Crippen molar-refractivity contribution in [2.75, 3.05) is 27.3 Å². The van der Waals surface area contributed by atoms with Crippen molar-refractivity contribution < 1.29 is 14.0 Å². The Morgan fingerprint density at radius 3 is 2.72 bits per heavy atom. The van der Waals surface area contributed by atoms with Gasteiger partial charge in [-0.25, -0.2) is 4.99 Å². The summed E-state index contributed by atoms with van der Waals surface area (Å²) in [5.41, 5.74) is 0.980. The molecule has 2 N–H and O–H groups in total. The van der Waals surface area contributed by atoms with Crippen LogP contribution in [-0.2, 0) is 13.0 Å². The standard InChI is InChI=1S/C17H25N5O3/c1-5-18-17(19-9-8-16-21-12(2)22-25-16)20-11-13-6-7-14(23-3)10-15(13)24-4/h6-7,10H,5,8-9,11H2,1-4H3,(H2,18,19,20). The van der Waals surface area contributed by atoms with Crippen LogP contribution in [0, 0.1) is 6.92 Å². The first-order chi connectivity index (χ1) is 12.2. The summed E-state index contributed by atoms with van der Waals surface area (Å²) in [5.74, 6) is 3.47. The van der Waals surface area contributed by atoms with Crippen LogP contribution >= 0.6 is 0 Å². The van der Waals surface area contributed by atoms with Crippen molar-refractivity contribution in [3.05, 3.63) is 35.5 Å². The molecule has 1 heterocycles. The number of aryl methyl sites for hydroxylation is 1. The number of nitrogens with one attached hydrogen (secondary N) is 2. The molecular formula is C17H25N5O3. The molecule has 25 heavy (non-hydrogen) atoms. The lowest BCUT2D eigenvalue weighted by molar-refractivity contribution is 0.374. The molecule has 0 radical (unpaired) electrons. The molecule has 0 spiro atoms. The maximum atomic E-state index is 5.40. The highest BCUT2D eigenvalue weighted by Crippen LogP contribution is 2.25. The molecule has 0 saturated carbocycles. The van der Waals surface area contributed by atoms with E-state index in [1.54, 1.807) is 21.1 Å². The Labute approximate surface area is 147 Å². The van der Waals surface area contributed by atoms with Crippen LogP contribution in [0.25, 0.3) is 0 Å². The molecule has 136 valence electrons. The number of benzene rings is 1. The lowest BCUT2D eigenvalue weighted by Gasteiger charge is -2.12. The summed E-state index contributed by atoms with van der Waals surface area (Å²) in [6.45, 7) is 5.72. The Bertz CT molecular complexity index is 699. The summed E-state index contributed by atoms with van der Waals surface area (Å²) >= 11 is 0. The van der Waals surface area contributed by atoms with Gasteiger partial charge < -0.3 is 24.6 Å². The summed E-state index contributed by atoms with van der Waals surface area (Å²) in [5, 5.41) is 10.2. The third-order valence-electron chi connectivity index (χ3n) is 3.45. The van der Waals surface area contributed by atoms with Gasteiger partial charge in [-0.1, -0.05) is 5.16 Å². The van der Waals surface area contributed by atoms with E-state index in [-0.39, 0.29) is 0 Å². The van der Waals surface area contributed by atoms with Crippen LogP contribution in [0.4, 0.5) is 0 Å². The van der Waals surface area contributed by atoms with Gasteiger partial charge in [0.05, 0.1) is 20.8 Å². The predicted octanol–water partition coefficient (Wildman–Crippen LogP) is 1.69. The Balaban J connectivity index is 1.96. The lowest BCUT2D eigenvalue weighted by atomic mass is 10.2. The monoisotopic (exact) mass is 347 g/mol. The Morgan fingerprint density at radius 2 is 2.08 bits per heavy atom. The van der Waals surface area contributed by atoms with Gasteiger partial charge in [0.25, 0.3) is 0 Å². The van der Waals surface area contributed by atoms with Crippen molar-refractivity contribution >= 4 is 5.96 Å². The number of methoxy groups -OCH3 is 2. The first kappa shape index (κ1) is 18.6. The maximum Gasteiger partial charge on any atom is 0.228 e. The highest BCUT2D eigenvalue weighted by atomic mass is 16.5. The number of ether oxygens (including phenoxy) is 2. The fraction of sp³-hybridized carbons (Fsp3) is 0.471. The van der Waals surface area contributed by atoms with Crippen LogP contribution in [0.3, 0.4) is 0 Å². The van der Waals surface area contributed by atoms with E-state index in [1.165, 1.54) is 0 Å². The number of aliphatic imine (C=N–C) groups is 1. The van der Waals surface area contributed by atoms with E-state index in [1.807, 2.05) is 25.1 Å². The molecule has 8 heteroatoms. The first-order valence-electron chi connectivity index (χ1n) is 8.18. The van der Waals surface area contributed by atoms with E-state index in [4.69, 9.17) is 14.0 Å². The van der Waals surface area contributed by atoms with Crippen LogP contribution in [0.2, 0.25) is 0 Å². The van der Waals surface area contributed by atoms with Crippen LogP contribution in [-0.4, -0.2) is 43.4 Å². The van der Waals surface area contributed by atoms with Gasteiger partial charge in [-0.05, 0) is 26.0 Å². The molecule has 0 aliphatic rings. The molecule has 0 saturated heterocycles. The number of hydrogen-bond donors (Lipinski definition) is 2. The summed E-state index contributed by atoms with van der Waals surface area (Å²) in [6.07, 6.45) is 0.636. The highest BCUT2D eigenvalue weighted by Gasteiger charge is 2.06. The average Bonchev–Trinajstić information content (AvgIpc) is 3.04. The van der Waals surface area contributed by atoms with Gasteiger partial charge in [0.1, 0.15) is 11.5 Å². The van der Waals surface area contributed by atoms with Gasteiger partial charge in [-0.15, -0.1) is 0 Å². The molecule has 0 aliphatic heterocycles. The fourth-order valence-electron chi connectivity index (χ4n) is 2.22. The third-order valence-corrected chi connectivity index (χ3v) is 3.45. The molecule has 0 amide bonds. The molecule has 2 rings (SSSR count). The summed E-state index contributed by atoms with van der Waals surface area (Å²) < 4.78 is 15.7. The van der Waals surface area contributed by atoms with Crippen LogP contribution in [0.5, 0.6) is 11.5 Å². The molecular weight excluding hydrogens is 322 g/mol. The van der Waals surface area contributed by atoms with E-state index in [2.05, 4.69) is 25.8 Å². The molecule has 8 nitrogen and oxygen atoms in total. The summed E-state index contributed by atoms with van der Waals surface area (Å²) in [6, 6.07) is 5.70. The second kappa shape index (κ2) is 9.51. The van der Waals surface area contributed by atoms with E-state index in [9.17, 15) is 0 Å². The second-order valence-electron chi connectivity index (χ2n) is 5.29. The normalized spacial score (nSPS) is 11.3. The minimum Gasteiger partial charge on any atom is -0.497 e. The summed E-state index contributed by atoms with van der Waals surface area (Å²) in [4.78, 5) is 8.77. The molecule has 0 bridgehead atoms. The van der Waals surface area contributed by atoms with E-state index >= 15 is 0 Å². The maximum absolute atomic E-state index is 5.40. The second-order valence-corrected chi connectivity index (χ2v) is 5.29. The molecule has 1 aromatic carbocycles. The average molecular weight is 347 g/mol. The van der Waals surface area contributed by atoms with E-state index < -0.39 is 0 Å². The minimum atomic E-state index is 0.488. The quantitative estimate of drug-likeness (QED) is 0.554. The van der Waals surface area contributed by atoms with Gasteiger partial charge in [0.15, 0.2) is 11.8 Å². The molecule has 0 aliphatic carbocycles. The van der Waals surface area contributed by atoms with Gasteiger partial charge in [0.2, 0.25) is 5.89 Å². The third kappa shape index (κ3) is 5.66.